The van der Waals surface area contributed by atoms with Crippen LogP contribution < -0.4 is 59.6 Å². The van der Waals surface area contributed by atoms with Gasteiger partial charge in [-0.1, -0.05) is 59.9 Å². The van der Waals surface area contributed by atoms with Crippen molar-refractivity contribution in [2.75, 3.05) is 94.0 Å². The van der Waals surface area contributed by atoms with E-state index in [1.54, 1.807) is 6.20 Å². The molecule has 33 nitrogen and oxygen atoms in total. The zero-order valence-corrected chi connectivity index (χ0v) is 86.7. The number of aromatic nitrogens is 20. The van der Waals surface area contributed by atoms with E-state index in [2.05, 4.69) is 221 Å². The van der Waals surface area contributed by atoms with Crippen LogP contribution in [0, 0.1) is 23.7 Å². The Labute approximate surface area is 865 Å². The molecule has 33 heteroatoms. The first kappa shape index (κ1) is 105. The lowest BCUT2D eigenvalue weighted by Gasteiger charge is -2.36. The van der Waals surface area contributed by atoms with Crippen molar-refractivity contribution in [1.29, 1.82) is 0 Å². The van der Waals surface area contributed by atoms with Gasteiger partial charge >= 0.3 is 0 Å². The van der Waals surface area contributed by atoms with Crippen LogP contribution in [0.5, 0.6) is 0 Å². The fourth-order valence-electron chi connectivity index (χ4n) is 22.3. The van der Waals surface area contributed by atoms with Gasteiger partial charge in [-0.3, -0.25) is 4.98 Å². The van der Waals surface area contributed by atoms with Crippen LogP contribution in [0.2, 0.25) is 0 Å². The molecule has 0 aromatic carbocycles. The maximum Gasteiger partial charge on any atom is 0.173 e. The zero-order valence-electron chi connectivity index (χ0n) is 86.7. The Balaban J connectivity index is 0.000000125. The molecule has 15 aromatic heterocycles. The predicted molar refractivity (Wildman–Crippen MR) is 578 cm³/mol. The van der Waals surface area contributed by atoms with Crippen molar-refractivity contribution in [3.8, 4) is 0 Å². The van der Waals surface area contributed by atoms with E-state index in [4.69, 9.17) is 24.9 Å². The zero-order chi connectivity index (χ0) is 101. The molecule has 4 aliphatic carbocycles. The van der Waals surface area contributed by atoms with Crippen LogP contribution in [0.3, 0.4) is 0 Å². The SMILES string of the molecule is C.CCc1cnn2c(NCc3ccc[n+](C)c3)cc(C[C@H]3CCCC[C@H]3CO)nc12.CCc1cnn2c(NCc3ccc[n+](C)c3)cc(N3CCCC[C@H]3CCO)nc12.CCc1cnn2c(NCc3cccnc3)cc(N3CCCC[C@H]3CCO)nc12.C[n+]1cccc(CNc2cc(C[C@H]3CCCC[C@H]3CO)nc3c(C4CC4)cnn23)c1.C[n+]1cccc(CNc2cc(N3CCCC[C@H]3CCO)nc3c(C4CC4)cnn23)c1. The smallest absolute Gasteiger partial charge is 0.173 e. The number of hydrogen-bond donors (Lipinski definition) is 10. The molecular formula is C114H158N28O5+4. The molecule has 0 spiro atoms. The van der Waals surface area contributed by atoms with E-state index < -0.39 is 0 Å². The van der Waals surface area contributed by atoms with Gasteiger partial charge in [0.1, 0.15) is 74.7 Å². The van der Waals surface area contributed by atoms with Crippen molar-refractivity contribution < 1.29 is 43.8 Å². The number of rotatable bonds is 35. The molecule has 0 unspecified atom stereocenters. The normalized spacial score (nSPS) is 18.9. The lowest BCUT2D eigenvalue weighted by atomic mass is 9.77. The molecule has 3 aliphatic heterocycles. The van der Waals surface area contributed by atoms with E-state index in [9.17, 15) is 25.5 Å². The summed E-state index contributed by atoms with van der Waals surface area (Å²) in [5.74, 6) is 10.8. The van der Waals surface area contributed by atoms with Gasteiger partial charge in [-0.2, -0.15) is 48.1 Å². The number of pyridine rings is 5. The van der Waals surface area contributed by atoms with E-state index in [1.807, 2.05) is 119 Å². The van der Waals surface area contributed by atoms with Crippen LogP contribution >= 0.6 is 0 Å². The van der Waals surface area contributed by atoms with Crippen LogP contribution in [0.25, 0.3) is 28.2 Å². The number of hydrogen-bond acceptors (Lipinski definition) is 24. The standard InChI is InChI=1S/C24H32N5O.C23H31N6O.C23H32N5O.C22H31N6O.C21H28N6O.CH4/c1-28-10-4-5-17(15-28)13-25-23-12-21(11-19-6-2-3-7-20(19)16-30)27-24-22(18-8-9-18)14-26-29(23)24;1-27-10-4-5-17(16-27)14-24-21-13-22(28-11-3-2-6-19(28)9-12-30)26-23-20(18-7-8-18)15-25-29(21)23;1-3-18-14-25-28-22(24-13-17-7-6-10-27(2)15-17)12-21(26-23(18)28)11-19-8-4-5-9-20(19)16-29;1-3-18-15-24-28-20(23-14-17-7-6-10-26(2)16-17)13-21(25-22(18)28)27-11-5-4-8-19(27)9-12-29;1-2-17-15-24-27-19(23-14-16-6-5-9-22-13-16)12-20(25-21(17)27)26-10-4-3-7-18(26)8-11-28;/h4-5,10,12,14-15,18-20,25,30H,2-3,6-9,11,13,16H2,1H3;4-5,10,13,15-16,18-19,24,30H,2-3,6-9,11-12,14H2,1H3;6-7,10,12,14-15,19-20,24,29H,3-5,8-9,11,13,16H2,1-2H3;6-7,10,13,15-16,19,23,29H,3-5,8-9,11-12,14H2,1-2H3;5-6,9,12-13,15,18,23,28H,2-4,7-8,10-11,14H2,1H3;1H4/q4*+1;;/t19-,20+;19-;19-,20+;19-;18-;/m10100./s1. The van der Waals surface area contributed by atoms with Crippen LogP contribution in [-0.4, -0.2) is 174 Å². The summed E-state index contributed by atoms with van der Waals surface area (Å²) in [4.78, 5) is 36.4. The summed E-state index contributed by atoms with van der Waals surface area (Å²) in [7, 11) is 8.16. The molecule has 7 aliphatic rings. The van der Waals surface area contributed by atoms with Gasteiger partial charge in [0.05, 0.1) is 31.0 Å². The summed E-state index contributed by atoms with van der Waals surface area (Å²) in [6, 6.07) is 32.5. The Morgan fingerprint density at radius 3 is 0.952 bits per heavy atom. The predicted octanol–water partition coefficient (Wildman–Crippen LogP) is 15.4. The summed E-state index contributed by atoms with van der Waals surface area (Å²) >= 11 is 0. The maximum atomic E-state index is 9.84. The molecule has 147 heavy (non-hydrogen) atoms. The first-order valence-electron chi connectivity index (χ1n) is 54.2. The Hall–Kier alpha value is -13.0. The first-order chi connectivity index (χ1) is 71.6. The Morgan fingerprint density at radius 2 is 0.626 bits per heavy atom. The van der Waals surface area contributed by atoms with Crippen molar-refractivity contribution in [3.63, 3.8) is 0 Å². The number of aliphatic hydroxyl groups is 5. The maximum absolute atomic E-state index is 9.84. The molecule has 780 valence electrons. The molecular weight excluding hydrogens is 1840 g/mol. The minimum atomic E-state index is 0. The monoisotopic (exact) mass is 2000 g/mol. The second-order valence-electron chi connectivity index (χ2n) is 41.3. The van der Waals surface area contributed by atoms with Gasteiger partial charge in [0, 0.05) is 232 Å². The molecule has 0 amide bonds. The highest BCUT2D eigenvalue weighted by Crippen LogP contribution is 2.45. The molecule has 15 aromatic rings. The van der Waals surface area contributed by atoms with Gasteiger partial charge in [0.25, 0.3) is 0 Å². The van der Waals surface area contributed by atoms with Gasteiger partial charge in [0.15, 0.2) is 77.8 Å². The number of fused-ring (bicyclic) bond motifs is 5. The van der Waals surface area contributed by atoms with Gasteiger partial charge in [-0.15, -0.1) is 0 Å². The highest BCUT2D eigenvalue weighted by Gasteiger charge is 2.35. The molecule has 10 N–H and O–H groups in total. The lowest BCUT2D eigenvalue weighted by molar-refractivity contribution is -0.672. The van der Waals surface area contributed by atoms with Crippen LogP contribution in [0.15, 0.2) is 184 Å². The highest BCUT2D eigenvalue weighted by atomic mass is 16.3. The number of piperidine rings is 3. The van der Waals surface area contributed by atoms with Crippen molar-refractivity contribution in [2.45, 2.75) is 277 Å². The van der Waals surface area contributed by atoms with Crippen molar-refractivity contribution in [3.05, 3.63) is 251 Å². The van der Waals surface area contributed by atoms with Gasteiger partial charge in [-0.25, -0.2) is 43.2 Å². The fraction of sp³-hybridized carbons (Fsp3) is 0.518. The Bertz CT molecular complexity index is 6740. The first-order valence-corrected chi connectivity index (χ1v) is 54.2. The van der Waals surface area contributed by atoms with Crippen molar-refractivity contribution in [1.82, 2.24) is 78.0 Å². The second-order valence-corrected chi connectivity index (χ2v) is 41.3. The number of aliphatic hydroxyl groups excluding tert-OH is 5. The van der Waals surface area contributed by atoms with E-state index >= 15 is 0 Å². The third-order valence-electron chi connectivity index (χ3n) is 30.7. The van der Waals surface area contributed by atoms with Crippen LogP contribution in [0.4, 0.5) is 46.5 Å². The average Bonchev–Trinajstić information content (AvgIpc) is 1.62. The minimum absolute atomic E-state index is 0. The molecule has 18 heterocycles. The third-order valence-corrected chi connectivity index (χ3v) is 30.7. The quantitative estimate of drug-likeness (QED) is 0.0165. The highest BCUT2D eigenvalue weighted by molar-refractivity contribution is 5.66. The Kier molecular flexibility index (Phi) is 36.6. The number of aryl methyl sites for hydroxylation is 7. The second kappa shape index (κ2) is 51.1. The third kappa shape index (κ3) is 26.6. The summed E-state index contributed by atoms with van der Waals surface area (Å²) in [6.45, 7) is 14.2. The average molecular weight is 2000 g/mol. The molecule has 7 atom stereocenters. The largest absolute Gasteiger partial charge is 0.396 e. The van der Waals surface area contributed by atoms with Crippen LogP contribution in [-0.2, 0) is 93.0 Å². The van der Waals surface area contributed by atoms with Gasteiger partial charge < -0.3 is 66.8 Å². The topological polar surface area (TPSA) is 350 Å². The van der Waals surface area contributed by atoms with Crippen LogP contribution in [0.1, 0.15) is 261 Å². The summed E-state index contributed by atoms with van der Waals surface area (Å²) < 4.78 is 17.9. The molecule has 4 saturated carbocycles. The molecule has 0 bridgehead atoms. The summed E-state index contributed by atoms with van der Waals surface area (Å²) in [5, 5.41) is 89.1. The number of nitrogens with one attached hydrogen (secondary N) is 5. The van der Waals surface area contributed by atoms with E-state index in [1.165, 1.54) is 129 Å². The lowest BCUT2D eigenvalue weighted by Crippen LogP contribution is -2.40. The van der Waals surface area contributed by atoms with Gasteiger partial charge in [-0.05, 0) is 232 Å². The number of anilines is 8. The van der Waals surface area contributed by atoms with Crippen molar-refractivity contribution in [2.24, 2.45) is 51.9 Å². The number of nitrogens with zero attached hydrogens (tertiary/aromatic N) is 23. The minimum Gasteiger partial charge on any atom is -0.396 e. The van der Waals surface area contributed by atoms with Crippen molar-refractivity contribution >= 4 is 74.8 Å². The molecule has 22 rings (SSSR count). The summed E-state index contributed by atoms with van der Waals surface area (Å²) in [5.41, 5.74) is 19.0. The van der Waals surface area contributed by atoms with Gasteiger partial charge in [0.2, 0.25) is 0 Å². The molecule has 0 radical (unpaired) electrons. The fourth-order valence-corrected chi connectivity index (χ4v) is 22.3. The molecule has 7 fully saturated rings. The Morgan fingerprint density at radius 1 is 0.327 bits per heavy atom. The molecule has 3 saturated heterocycles. The van der Waals surface area contributed by atoms with E-state index in [0.29, 0.717) is 73.3 Å². The van der Waals surface area contributed by atoms with E-state index in [0.717, 1.165) is 238 Å². The van der Waals surface area contributed by atoms with E-state index in [-0.39, 0.29) is 33.9 Å². The summed E-state index contributed by atoms with van der Waals surface area (Å²) in [6.07, 6.45) is 62.1.